The first-order valence-electron chi connectivity index (χ1n) is 8.67. The highest BCUT2D eigenvalue weighted by Gasteiger charge is 2.44. The van der Waals surface area contributed by atoms with Crippen LogP contribution in [0.2, 0.25) is 0 Å². The van der Waals surface area contributed by atoms with Gasteiger partial charge in [0, 0.05) is 17.9 Å². The lowest BCUT2D eigenvalue weighted by atomic mass is 9.87. The molecule has 0 bridgehead atoms. The van der Waals surface area contributed by atoms with Crippen molar-refractivity contribution in [1.82, 2.24) is 10.3 Å². The van der Waals surface area contributed by atoms with Crippen molar-refractivity contribution >= 4 is 0 Å². The van der Waals surface area contributed by atoms with Crippen molar-refractivity contribution in [3.8, 4) is 0 Å². The van der Waals surface area contributed by atoms with Crippen molar-refractivity contribution in [3.05, 3.63) is 53.7 Å². The van der Waals surface area contributed by atoms with E-state index in [1.54, 1.807) is 6.92 Å². The number of halogens is 4. The van der Waals surface area contributed by atoms with Crippen LogP contribution in [0.3, 0.4) is 0 Å². The molecule has 8 heteroatoms. The number of hydrogen-bond acceptors (Lipinski definition) is 4. The number of ether oxygens (including phenoxy) is 1. The van der Waals surface area contributed by atoms with Crippen LogP contribution in [-0.2, 0) is 10.3 Å². The van der Waals surface area contributed by atoms with Crippen LogP contribution in [0, 0.1) is 5.92 Å². The lowest BCUT2D eigenvalue weighted by molar-refractivity contribution is 0.0458. The monoisotopic (exact) mass is 387 g/mol. The largest absolute Gasteiger partial charge is 0.490 e. The number of nitrogens with two attached hydrogens (primary N) is 1. The number of pyridine rings is 1. The molecule has 1 aliphatic heterocycles. The molecule has 0 fully saturated rings. The van der Waals surface area contributed by atoms with Gasteiger partial charge in [0.15, 0.2) is 0 Å². The molecule has 1 aromatic heterocycles. The average molecular weight is 387 g/mol. The van der Waals surface area contributed by atoms with Crippen LogP contribution < -0.4 is 11.1 Å². The molecule has 1 aliphatic rings. The summed E-state index contributed by atoms with van der Waals surface area (Å²) < 4.78 is 60.5. The number of dihydropyridines is 1. The number of aromatic nitrogens is 1. The maximum absolute atomic E-state index is 13.9. The van der Waals surface area contributed by atoms with E-state index in [1.807, 2.05) is 13.8 Å². The molecule has 2 atom stereocenters. The Morgan fingerprint density at radius 3 is 2.37 bits per heavy atom. The minimum absolute atomic E-state index is 0.0142. The van der Waals surface area contributed by atoms with Gasteiger partial charge in [-0.1, -0.05) is 13.8 Å². The summed E-state index contributed by atoms with van der Waals surface area (Å²) in [5, 5.41) is 2.31. The van der Waals surface area contributed by atoms with Crippen LogP contribution in [-0.4, -0.2) is 30.0 Å². The van der Waals surface area contributed by atoms with Crippen molar-refractivity contribution in [2.75, 3.05) is 6.61 Å². The first-order chi connectivity index (χ1) is 12.6. The van der Waals surface area contributed by atoms with Crippen molar-refractivity contribution in [2.24, 2.45) is 11.7 Å². The van der Waals surface area contributed by atoms with Crippen LogP contribution >= 0.6 is 0 Å². The highest BCUT2D eigenvalue weighted by molar-refractivity contribution is 5.39. The quantitative estimate of drug-likeness (QED) is 0.663. The van der Waals surface area contributed by atoms with Crippen LogP contribution in [0.25, 0.3) is 0 Å². The molecule has 0 saturated heterocycles. The Morgan fingerprint density at radius 1 is 1.22 bits per heavy atom. The summed E-state index contributed by atoms with van der Waals surface area (Å²) in [6.45, 7) is 5.72. The first kappa shape index (κ1) is 21.2. The second kappa shape index (κ2) is 8.29. The zero-order chi connectivity index (χ0) is 20.2. The van der Waals surface area contributed by atoms with E-state index in [1.165, 1.54) is 24.5 Å². The van der Waals surface area contributed by atoms with Gasteiger partial charge in [-0.25, -0.2) is 17.6 Å². The third-order valence-electron chi connectivity index (χ3n) is 4.26. The molecule has 27 heavy (non-hydrogen) atoms. The average Bonchev–Trinajstić information content (AvgIpc) is 2.59. The number of rotatable bonds is 8. The molecule has 0 radical (unpaired) electrons. The molecular weight excluding hydrogens is 362 g/mol. The molecule has 150 valence electrons. The standard InChI is InChI=1S/C19H25F4N3O/c1-12(2)10-18(3,24)11-27-14-4-7-19(17(22)23,26-15(14)16(20)21)13-5-8-25-9-6-13/h4-9,12,16-17,26H,10-11,24H2,1-3H3/t18-,19?/m0/s1. The van der Waals surface area contributed by atoms with E-state index in [0.29, 0.717) is 12.3 Å². The van der Waals surface area contributed by atoms with Gasteiger partial charge in [-0.2, -0.15) is 0 Å². The highest BCUT2D eigenvalue weighted by atomic mass is 19.3. The molecule has 4 nitrogen and oxygen atoms in total. The maximum atomic E-state index is 13.9. The molecular formula is C19H25F4N3O. The fraction of sp³-hybridized carbons (Fsp3) is 0.526. The van der Waals surface area contributed by atoms with Crippen molar-refractivity contribution in [3.63, 3.8) is 0 Å². The summed E-state index contributed by atoms with van der Waals surface area (Å²) in [6, 6.07) is 2.72. The Kier molecular flexibility index (Phi) is 6.51. The zero-order valence-electron chi connectivity index (χ0n) is 15.6. The third kappa shape index (κ3) is 5.00. The van der Waals surface area contributed by atoms with Gasteiger partial charge in [0.05, 0.1) is 0 Å². The lowest BCUT2D eigenvalue weighted by Crippen LogP contribution is -2.50. The highest BCUT2D eigenvalue weighted by Crippen LogP contribution is 2.36. The van der Waals surface area contributed by atoms with Crippen molar-refractivity contribution < 1.29 is 22.3 Å². The van der Waals surface area contributed by atoms with Gasteiger partial charge in [-0.15, -0.1) is 0 Å². The lowest BCUT2D eigenvalue weighted by Gasteiger charge is -2.37. The minimum atomic E-state index is -3.01. The Hall–Kier alpha value is -2.09. The van der Waals surface area contributed by atoms with Gasteiger partial charge >= 0.3 is 0 Å². The minimum Gasteiger partial charge on any atom is -0.490 e. The molecule has 0 aliphatic carbocycles. The van der Waals surface area contributed by atoms with Crippen LogP contribution in [0.4, 0.5) is 17.6 Å². The molecule has 0 aromatic carbocycles. The first-order valence-corrected chi connectivity index (χ1v) is 8.67. The van der Waals surface area contributed by atoms with Crippen molar-refractivity contribution in [1.29, 1.82) is 0 Å². The van der Waals surface area contributed by atoms with Gasteiger partial charge in [-0.3, -0.25) is 4.98 Å². The SMILES string of the molecule is CC(C)C[C@](C)(N)COC1=C(C(F)F)NC(c2ccncc2)(C(F)F)C=C1. The number of allylic oxidation sites excluding steroid dienone is 2. The van der Waals surface area contributed by atoms with Gasteiger partial charge in [-0.05, 0) is 49.1 Å². The van der Waals surface area contributed by atoms with Gasteiger partial charge in [0.2, 0.25) is 0 Å². The molecule has 2 rings (SSSR count). The van der Waals surface area contributed by atoms with E-state index in [-0.39, 0.29) is 17.9 Å². The molecule has 0 saturated carbocycles. The van der Waals surface area contributed by atoms with E-state index in [4.69, 9.17) is 10.5 Å². The van der Waals surface area contributed by atoms with Gasteiger partial charge in [0.25, 0.3) is 12.9 Å². The smallest absolute Gasteiger partial charge is 0.281 e. The fourth-order valence-corrected chi connectivity index (χ4v) is 3.19. The number of nitrogens with one attached hydrogen (secondary N) is 1. The molecule has 0 spiro atoms. The molecule has 0 amide bonds. The van der Waals surface area contributed by atoms with E-state index in [0.717, 1.165) is 12.2 Å². The topological polar surface area (TPSA) is 60.2 Å². The molecule has 2 heterocycles. The fourth-order valence-electron chi connectivity index (χ4n) is 3.19. The summed E-state index contributed by atoms with van der Waals surface area (Å²) in [7, 11) is 0. The van der Waals surface area contributed by atoms with Crippen LogP contribution in [0.5, 0.6) is 0 Å². The van der Waals surface area contributed by atoms with Crippen LogP contribution in [0.15, 0.2) is 48.1 Å². The van der Waals surface area contributed by atoms with E-state index in [9.17, 15) is 17.6 Å². The Balaban J connectivity index is 2.30. The predicted octanol–water partition coefficient (Wildman–Crippen LogP) is 3.96. The van der Waals surface area contributed by atoms with E-state index >= 15 is 0 Å². The Bertz CT molecular complexity index is 689. The zero-order valence-corrected chi connectivity index (χ0v) is 15.6. The summed E-state index contributed by atoms with van der Waals surface area (Å²) in [5.74, 6) is 0.112. The Morgan fingerprint density at radius 2 is 1.85 bits per heavy atom. The summed E-state index contributed by atoms with van der Waals surface area (Å²) in [6.07, 6.45) is -0.386. The second-order valence-corrected chi connectivity index (χ2v) is 7.48. The molecule has 1 unspecified atom stereocenters. The van der Waals surface area contributed by atoms with Crippen molar-refractivity contribution in [2.45, 2.75) is 51.1 Å². The predicted molar refractivity (Wildman–Crippen MR) is 95.2 cm³/mol. The van der Waals surface area contributed by atoms with E-state index < -0.39 is 29.6 Å². The Labute approximate surface area is 156 Å². The normalized spacial score (nSPS) is 22.3. The number of hydrogen-bond donors (Lipinski definition) is 2. The summed E-state index contributed by atoms with van der Waals surface area (Å²) >= 11 is 0. The number of alkyl halides is 4. The summed E-state index contributed by atoms with van der Waals surface area (Å²) in [5.41, 5.74) is 2.78. The number of nitrogens with zero attached hydrogens (tertiary/aromatic N) is 1. The summed E-state index contributed by atoms with van der Waals surface area (Å²) in [4.78, 5) is 3.78. The van der Waals surface area contributed by atoms with Gasteiger partial charge < -0.3 is 15.8 Å². The maximum Gasteiger partial charge on any atom is 0.281 e. The van der Waals surface area contributed by atoms with E-state index in [2.05, 4.69) is 10.3 Å². The van der Waals surface area contributed by atoms with Gasteiger partial charge in [0.1, 0.15) is 23.6 Å². The third-order valence-corrected chi connectivity index (χ3v) is 4.26. The van der Waals surface area contributed by atoms with Crippen LogP contribution in [0.1, 0.15) is 32.8 Å². The second-order valence-electron chi connectivity index (χ2n) is 7.48. The molecule has 1 aromatic rings. The molecule has 3 N–H and O–H groups in total.